The first-order valence-corrected chi connectivity index (χ1v) is 7.13. The lowest BCUT2D eigenvalue weighted by Crippen LogP contribution is -2.13. The van der Waals surface area contributed by atoms with Crippen molar-refractivity contribution in [2.75, 3.05) is 16.8 Å². The Morgan fingerprint density at radius 1 is 1.33 bits per heavy atom. The van der Waals surface area contributed by atoms with Gasteiger partial charge in [0.25, 0.3) is 0 Å². The number of unbranched alkanes of at least 4 members (excludes halogenated alkanes) is 1. The molecule has 0 aliphatic carbocycles. The maximum atomic E-state index is 3.57. The van der Waals surface area contributed by atoms with Crippen molar-refractivity contribution < 1.29 is 0 Å². The van der Waals surface area contributed by atoms with Crippen LogP contribution in [0.2, 0.25) is 0 Å². The van der Waals surface area contributed by atoms with E-state index in [0.717, 1.165) is 17.2 Å². The minimum absolute atomic E-state index is 0.818. The van der Waals surface area contributed by atoms with E-state index in [2.05, 4.69) is 48.5 Å². The number of thioether (sulfide) groups is 1. The first-order chi connectivity index (χ1) is 5.72. The first-order valence-electron chi connectivity index (χ1n) is 4.86. The van der Waals surface area contributed by atoms with Gasteiger partial charge in [0.1, 0.15) is 0 Å². The third kappa shape index (κ3) is 6.36. The molecule has 0 saturated carbocycles. The van der Waals surface area contributed by atoms with Gasteiger partial charge >= 0.3 is 0 Å². The van der Waals surface area contributed by atoms with Crippen LogP contribution in [-0.4, -0.2) is 16.8 Å². The molecule has 0 bridgehead atoms. The molecule has 0 aromatic rings. The van der Waals surface area contributed by atoms with Gasteiger partial charge in [0.15, 0.2) is 0 Å². The maximum Gasteiger partial charge on any atom is 0.00699 e. The highest BCUT2D eigenvalue weighted by Crippen LogP contribution is 2.19. The summed E-state index contributed by atoms with van der Waals surface area (Å²) in [6.45, 7) is 6.88. The zero-order valence-electron chi connectivity index (χ0n) is 8.48. The topological polar surface area (TPSA) is 0 Å². The van der Waals surface area contributed by atoms with E-state index in [1.807, 2.05) is 0 Å². The summed E-state index contributed by atoms with van der Waals surface area (Å²) >= 11 is 5.68. The van der Waals surface area contributed by atoms with Crippen molar-refractivity contribution >= 4 is 27.7 Å². The van der Waals surface area contributed by atoms with Crippen LogP contribution in [0.25, 0.3) is 0 Å². The van der Waals surface area contributed by atoms with Gasteiger partial charge in [0.2, 0.25) is 0 Å². The highest BCUT2D eigenvalue weighted by Gasteiger charge is 2.10. The zero-order valence-corrected chi connectivity index (χ0v) is 10.9. The van der Waals surface area contributed by atoms with E-state index in [4.69, 9.17) is 0 Å². The molecule has 0 amide bonds. The van der Waals surface area contributed by atoms with Crippen LogP contribution in [0.4, 0.5) is 0 Å². The van der Waals surface area contributed by atoms with Crippen molar-refractivity contribution in [3.05, 3.63) is 0 Å². The number of hydrogen-bond acceptors (Lipinski definition) is 1. The van der Waals surface area contributed by atoms with Crippen molar-refractivity contribution in [1.29, 1.82) is 0 Å². The van der Waals surface area contributed by atoms with Gasteiger partial charge in [-0.15, -0.1) is 0 Å². The summed E-state index contributed by atoms with van der Waals surface area (Å²) in [5.41, 5.74) is 0. The molecule has 12 heavy (non-hydrogen) atoms. The highest BCUT2D eigenvalue weighted by molar-refractivity contribution is 9.09. The van der Waals surface area contributed by atoms with E-state index in [0.29, 0.717) is 0 Å². The van der Waals surface area contributed by atoms with Gasteiger partial charge in [-0.25, -0.2) is 0 Å². The predicted octanol–water partition coefficient (Wildman–Crippen LogP) is 4.19. The fraction of sp³-hybridized carbons (Fsp3) is 1.00. The van der Waals surface area contributed by atoms with Crippen molar-refractivity contribution in [2.24, 2.45) is 11.8 Å². The van der Waals surface area contributed by atoms with Gasteiger partial charge in [-0.1, -0.05) is 43.1 Å². The summed E-state index contributed by atoms with van der Waals surface area (Å²) in [6.07, 6.45) is 2.70. The van der Waals surface area contributed by atoms with Crippen molar-refractivity contribution in [3.8, 4) is 0 Å². The molecule has 2 heteroatoms. The van der Waals surface area contributed by atoms with Crippen LogP contribution in [0.5, 0.6) is 0 Å². The minimum atomic E-state index is 0.818. The number of rotatable bonds is 7. The van der Waals surface area contributed by atoms with Gasteiger partial charge in [-0.3, -0.25) is 0 Å². The van der Waals surface area contributed by atoms with Crippen LogP contribution < -0.4 is 0 Å². The summed E-state index contributed by atoms with van der Waals surface area (Å²) in [5.74, 6) is 4.33. The molecule has 0 aliphatic rings. The van der Waals surface area contributed by atoms with Gasteiger partial charge < -0.3 is 0 Å². The number of alkyl halides is 1. The monoisotopic (exact) mass is 252 g/mol. The molecule has 0 saturated heterocycles. The summed E-state index contributed by atoms with van der Waals surface area (Å²) in [6, 6.07) is 0. The van der Waals surface area contributed by atoms with Gasteiger partial charge in [0.05, 0.1) is 0 Å². The van der Waals surface area contributed by atoms with E-state index in [-0.39, 0.29) is 0 Å². The second kappa shape index (κ2) is 8.43. The molecule has 1 atom stereocenters. The van der Waals surface area contributed by atoms with E-state index in [1.54, 1.807) is 0 Å². The number of hydrogen-bond donors (Lipinski definition) is 0. The molecule has 0 rings (SSSR count). The normalized spacial score (nSPS) is 13.8. The maximum absolute atomic E-state index is 3.57. The SMILES string of the molecule is CCCCSCC(CBr)C(C)C. The summed E-state index contributed by atoms with van der Waals surface area (Å²) in [5, 5.41) is 1.16. The van der Waals surface area contributed by atoms with Crippen LogP contribution in [0, 0.1) is 11.8 Å². The molecule has 0 fully saturated rings. The van der Waals surface area contributed by atoms with Gasteiger partial charge in [-0.2, -0.15) is 11.8 Å². The van der Waals surface area contributed by atoms with Crippen molar-refractivity contribution in [3.63, 3.8) is 0 Å². The fourth-order valence-corrected chi connectivity index (χ4v) is 3.64. The molecule has 0 nitrogen and oxygen atoms in total. The van der Waals surface area contributed by atoms with Crippen LogP contribution >= 0.6 is 27.7 Å². The van der Waals surface area contributed by atoms with E-state index in [9.17, 15) is 0 Å². The molecule has 0 heterocycles. The molecule has 74 valence electrons. The van der Waals surface area contributed by atoms with Crippen molar-refractivity contribution in [1.82, 2.24) is 0 Å². The third-order valence-electron chi connectivity index (χ3n) is 2.12. The largest absolute Gasteiger partial charge is 0.162 e. The Bertz CT molecular complexity index is 93.8. The summed E-state index contributed by atoms with van der Waals surface area (Å²) < 4.78 is 0. The Kier molecular flexibility index (Phi) is 9.01. The highest BCUT2D eigenvalue weighted by atomic mass is 79.9. The molecule has 0 aromatic carbocycles. The lowest BCUT2D eigenvalue weighted by molar-refractivity contribution is 0.474. The standard InChI is InChI=1S/C10H21BrS/c1-4-5-6-12-8-10(7-11)9(2)3/h9-10H,4-8H2,1-3H3. The molecule has 0 radical (unpaired) electrons. The Labute approximate surface area is 90.0 Å². The fourth-order valence-electron chi connectivity index (χ4n) is 0.896. The predicted molar refractivity (Wildman–Crippen MR) is 64.4 cm³/mol. The quantitative estimate of drug-likeness (QED) is 0.484. The smallest absolute Gasteiger partial charge is 0.00699 e. The van der Waals surface area contributed by atoms with Gasteiger partial charge in [0, 0.05) is 5.33 Å². The number of halogens is 1. The molecule has 1 unspecified atom stereocenters. The van der Waals surface area contributed by atoms with E-state index >= 15 is 0 Å². The molecule has 0 aromatic heterocycles. The van der Waals surface area contributed by atoms with E-state index in [1.165, 1.54) is 24.3 Å². The average Bonchev–Trinajstić information content (AvgIpc) is 2.04. The molecule has 0 N–H and O–H groups in total. The van der Waals surface area contributed by atoms with Crippen molar-refractivity contribution in [2.45, 2.75) is 33.6 Å². The summed E-state index contributed by atoms with van der Waals surface area (Å²) in [4.78, 5) is 0. The van der Waals surface area contributed by atoms with Crippen LogP contribution in [0.3, 0.4) is 0 Å². The molecular weight excluding hydrogens is 232 g/mol. The van der Waals surface area contributed by atoms with E-state index < -0.39 is 0 Å². The Morgan fingerprint density at radius 3 is 2.42 bits per heavy atom. The Hall–Kier alpha value is 0.830. The summed E-state index contributed by atoms with van der Waals surface area (Å²) in [7, 11) is 0. The average molecular weight is 253 g/mol. The lowest BCUT2D eigenvalue weighted by atomic mass is 10.0. The van der Waals surface area contributed by atoms with Crippen LogP contribution in [0.1, 0.15) is 33.6 Å². The van der Waals surface area contributed by atoms with Gasteiger partial charge in [-0.05, 0) is 29.8 Å². The zero-order chi connectivity index (χ0) is 9.40. The van der Waals surface area contributed by atoms with Crippen LogP contribution in [-0.2, 0) is 0 Å². The molecule has 0 aliphatic heterocycles. The third-order valence-corrected chi connectivity index (χ3v) is 4.19. The molecule has 0 spiro atoms. The minimum Gasteiger partial charge on any atom is -0.162 e. The first kappa shape index (κ1) is 12.8. The Balaban J connectivity index is 3.32. The Morgan fingerprint density at radius 2 is 2.00 bits per heavy atom. The lowest BCUT2D eigenvalue weighted by Gasteiger charge is -2.17. The second-order valence-electron chi connectivity index (χ2n) is 3.59. The van der Waals surface area contributed by atoms with Crippen LogP contribution in [0.15, 0.2) is 0 Å². The molecular formula is C10H21BrS. The second-order valence-corrected chi connectivity index (χ2v) is 5.38.